The third-order valence-corrected chi connectivity index (χ3v) is 4.09. The van der Waals surface area contributed by atoms with Gasteiger partial charge in [-0.05, 0) is 30.5 Å². The van der Waals surface area contributed by atoms with Crippen molar-refractivity contribution >= 4 is 35.6 Å². The molecule has 1 aliphatic rings. The molecule has 0 bridgehead atoms. The fourth-order valence-electron chi connectivity index (χ4n) is 2.75. The van der Waals surface area contributed by atoms with Crippen LogP contribution in [0.3, 0.4) is 0 Å². The Labute approximate surface area is 152 Å². The number of nitrogens with zero attached hydrogens (tertiary/aromatic N) is 5. The zero-order valence-electron chi connectivity index (χ0n) is 14.2. The van der Waals surface area contributed by atoms with Gasteiger partial charge in [-0.3, -0.25) is 9.59 Å². The number of benzene rings is 1. The minimum atomic E-state index is -0.231. The molecule has 134 valence electrons. The number of likely N-dealkylation sites (N-methyl/N-ethyl adjacent to an activating group) is 1. The van der Waals surface area contributed by atoms with Gasteiger partial charge >= 0.3 is 0 Å². The molecular weight excluding hydrogens is 344 g/mol. The average Bonchev–Trinajstić information content (AvgIpc) is 3.02. The molecule has 2 N–H and O–H groups in total. The van der Waals surface area contributed by atoms with Gasteiger partial charge in [-0.25, -0.2) is 4.68 Å². The molecule has 25 heavy (non-hydrogen) atoms. The normalized spacial score (nSPS) is 13.0. The predicted octanol–water partition coefficient (Wildman–Crippen LogP) is 0.963. The van der Waals surface area contributed by atoms with Crippen molar-refractivity contribution in [2.24, 2.45) is 0 Å². The SMILES string of the molecule is CN(C)C(=O)Cn1cc(C(=O)N2CCCc3c(N)cccc32)nn1.Cl. The lowest BCUT2D eigenvalue weighted by atomic mass is 9.99. The number of halogens is 1. The molecule has 9 heteroatoms. The van der Waals surface area contributed by atoms with Crippen molar-refractivity contribution in [2.75, 3.05) is 31.3 Å². The van der Waals surface area contributed by atoms with E-state index in [-0.39, 0.29) is 36.5 Å². The monoisotopic (exact) mass is 364 g/mol. The van der Waals surface area contributed by atoms with Crippen LogP contribution in [0.25, 0.3) is 0 Å². The first kappa shape index (κ1) is 18.7. The Kier molecular flexibility index (Phi) is 5.63. The van der Waals surface area contributed by atoms with Crippen LogP contribution in [0.5, 0.6) is 0 Å². The maximum absolute atomic E-state index is 12.8. The van der Waals surface area contributed by atoms with Gasteiger partial charge in [0.15, 0.2) is 5.69 Å². The minimum Gasteiger partial charge on any atom is -0.398 e. The number of fused-ring (bicyclic) bond motifs is 1. The number of carbonyl (C=O) groups is 2. The molecule has 0 fully saturated rings. The molecule has 8 nitrogen and oxygen atoms in total. The Morgan fingerprint density at radius 1 is 1.32 bits per heavy atom. The van der Waals surface area contributed by atoms with Crippen molar-refractivity contribution in [3.05, 3.63) is 35.7 Å². The predicted molar refractivity (Wildman–Crippen MR) is 96.8 cm³/mol. The van der Waals surface area contributed by atoms with E-state index >= 15 is 0 Å². The Bertz CT molecular complexity index is 789. The van der Waals surface area contributed by atoms with Gasteiger partial charge in [0.1, 0.15) is 6.54 Å². The largest absolute Gasteiger partial charge is 0.398 e. The summed E-state index contributed by atoms with van der Waals surface area (Å²) in [4.78, 5) is 27.6. The number of carbonyl (C=O) groups excluding carboxylic acids is 2. The molecule has 1 aliphatic heterocycles. The van der Waals surface area contributed by atoms with Crippen LogP contribution in [0.4, 0.5) is 11.4 Å². The highest BCUT2D eigenvalue weighted by Gasteiger charge is 2.26. The molecular formula is C16H21ClN6O2. The van der Waals surface area contributed by atoms with Crippen molar-refractivity contribution in [2.45, 2.75) is 19.4 Å². The number of nitrogens with two attached hydrogens (primary N) is 1. The molecule has 2 aromatic rings. The van der Waals surface area contributed by atoms with Crippen molar-refractivity contribution in [1.82, 2.24) is 19.9 Å². The van der Waals surface area contributed by atoms with Gasteiger partial charge in [-0.1, -0.05) is 11.3 Å². The van der Waals surface area contributed by atoms with Crippen molar-refractivity contribution in [3.63, 3.8) is 0 Å². The van der Waals surface area contributed by atoms with Crippen molar-refractivity contribution < 1.29 is 9.59 Å². The van der Waals surface area contributed by atoms with Gasteiger partial charge in [-0.2, -0.15) is 0 Å². The highest BCUT2D eigenvalue weighted by atomic mass is 35.5. The first-order valence-electron chi connectivity index (χ1n) is 7.77. The summed E-state index contributed by atoms with van der Waals surface area (Å²) in [5.41, 5.74) is 8.75. The van der Waals surface area contributed by atoms with Gasteiger partial charge in [0.2, 0.25) is 5.91 Å². The van der Waals surface area contributed by atoms with E-state index in [1.165, 1.54) is 15.8 Å². The third kappa shape index (κ3) is 3.74. The van der Waals surface area contributed by atoms with Gasteiger partial charge in [0.05, 0.1) is 6.20 Å². The lowest BCUT2D eigenvalue weighted by molar-refractivity contribution is -0.129. The van der Waals surface area contributed by atoms with E-state index < -0.39 is 0 Å². The quantitative estimate of drug-likeness (QED) is 0.818. The fourth-order valence-corrected chi connectivity index (χ4v) is 2.75. The standard InChI is InChI=1S/C16H20N6O2.ClH/c1-20(2)15(23)10-21-9-13(18-19-21)16(24)22-8-4-5-11-12(17)6-3-7-14(11)22;/h3,6-7,9H,4-5,8,10,17H2,1-2H3;1H. The Hall–Kier alpha value is -2.61. The second-order valence-corrected chi connectivity index (χ2v) is 5.99. The number of hydrogen-bond donors (Lipinski definition) is 1. The van der Waals surface area contributed by atoms with Crippen LogP contribution < -0.4 is 10.6 Å². The highest BCUT2D eigenvalue weighted by molar-refractivity contribution is 6.05. The number of nitrogen functional groups attached to an aromatic ring is 1. The molecule has 2 amide bonds. The average molecular weight is 365 g/mol. The second kappa shape index (κ2) is 7.52. The van der Waals surface area contributed by atoms with E-state index in [0.29, 0.717) is 12.2 Å². The first-order chi connectivity index (χ1) is 11.5. The Morgan fingerprint density at radius 3 is 2.80 bits per heavy atom. The van der Waals surface area contributed by atoms with E-state index in [1.807, 2.05) is 18.2 Å². The first-order valence-corrected chi connectivity index (χ1v) is 7.77. The van der Waals surface area contributed by atoms with E-state index in [0.717, 1.165) is 24.1 Å². The maximum Gasteiger partial charge on any atom is 0.280 e. The summed E-state index contributed by atoms with van der Waals surface area (Å²) in [7, 11) is 3.33. The summed E-state index contributed by atoms with van der Waals surface area (Å²) >= 11 is 0. The number of rotatable bonds is 3. The van der Waals surface area contributed by atoms with Crippen LogP contribution >= 0.6 is 12.4 Å². The summed E-state index contributed by atoms with van der Waals surface area (Å²) in [6.07, 6.45) is 3.21. The smallest absolute Gasteiger partial charge is 0.280 e. The topological polar surface area (TPSA) is 97.4 Å². The molecule has 0 spiro atoms. The van der Waals surface area contributed by atoms with Gasteiger partial charge in [0, 0.05) is 32.0 Å². The number of hydrogen-bond acceptors (Lipinski definition) is 5. The summed E-state index contributed by atoms with van der Waals surface area (Å²) in [6, 6.07) is 5.57. The lowest BCUT2D eigenvalue weighted by Gasteiger charge is -2.29. The van der Waals surface area contributed by atoms with Crippen LogP contribution in [0.1, 0.15) is 22.5 Å². The van der Waals surface area contributed by atoms with Gasteiger partial charge in [-0.15, -0.1) is 17.5 Å². The zero-order chi connectivity index (χ0) is 17.3. The molecule has 0 aliphatic carbocycles. The number of amides is 2. The van der Waals surface area contributed by atoms with Crippen LogP contribution in [-0.4, -0.2) is 52.3 Å². The Morgan fingerprint density at radius 2 is 2.08 bits per heavy atom. The van der Waals surface area contributed by atoms with Crippen LogP contribution in [0.15, 0.2) is 24.4 Å². The van der Waals surface area contributed by atoms with Crippen molar-refractivity contribution in [3.8, 4) is 0 Å². The highest BCUT2D eigenvalue weighted by Crippen LogP contribution is 2.31. The Balaban J connectivity index is 0.00000225. The molecule has 3 rings (SSSR count). The van der Waals surface area contributed by atoms with Crippen LogP contribution in [0.2, 0.25) is 0 Å². The van der Waals surface area contributed by atoms with E-state index in [4.69, 9.17) is 5.73 Å². The van der Waals surface area contributed by atoms with Gasteiger partial charge < -0.3 is 15.5 Å². The van der Waals surface area contributed by atoms with E-state index in [9.17, 15) is 9.59 Å². The van der Waals surface area contributed by atoms with Gasteiger partial charge in [0.25, 0.3) is 5.91 Å². The number of aromatic nitrogens is 3. The number of anilines is 2. The second-order valence-electron chi connectivity index (χ2n) is 5.99. The molecule has 1 aromatic carbocycles. The summed E-state index contributed by atoms with van der Waals surface area (Å²) in [5.74, 6) is -0.347. The summed E-state index contributed by atoms with van der Waals surface area (Å²) in [6.45, 7) is 0.662. The molecule has 0 unspecified atom stereocenters. The molecule has 0 radical (unpaired) electrons. The summed E-state index contributed by atoms with van der Waals surface area (Å²) in [5, 5.41) is 7.79. The zero-order valence-corrected chi connectivity index (χ0v) is 15.0. The molecule has 1 aromatic heterocycles. The maximum atomic E-state index is 12.8. The minimum absolute atomic E-state index is 0. The molecule has 2 heterocycles. The fraction of sp³-hybridized carbons (Fsp3) is 0.375. The molecule has 0 atom stereocenters. The van der Waals surface area contributed by atoms with E-state index in [1.54, 1.807) is 19.0 Å². The van der Waals surface area contributed by atoms with Crippen LogP contribution in [-0.2, 0) is 17.8 Å². The van der Waals surface area contributed by atoms with Crippen LogP contribution in [0, 0.1) is 0 Å². The van der Waals surface area contributed by atoms with E-state index in [2.05, 4.69) is 10.3 Å². The molecule has 0 saturated carbocycles. The lowest BCUT2D eigenvalue weighted by Crippen LogP contribution is -2.36. The third-order valence-electron chi connectivity index (χ3n) is 4.09. The summed E-state index contributed by atoms with van der Waals surface area (Å²) < 4.78 is 1.37. The van der Waals surface area contributed by atoms with Crippen molar-refractivity contribution in [1.29, 1.82) is 0 Å². The molecule has 0 saturated heterocycles.